The summed E-state index contributed by atoms with van der Waals surface area (Å²) in [6.45, 7) is 4.76. The van der Waals surface area contributed by atoms with E-state index >= 15 is 0 Å². The molecule has 0 amide bonds. The Hall–Kier alpha value is -1.62. The van der Waals surface area contributed by atoms with Crippen molar-refractivity contribution in [2.24, 2.45) is 0 Å². The molecule has 0 radical (unpaired) electrons. The van der Waals surface area contributed by atoms with Gasteiger partial charge in [-0.05, 0) is 56.4 Å². The van der Waals surface area contributed by atoms with E-state index in [1.54, 1.807) is 23.9 Å². The van der Waals surface area contributed by atoms with Gasteiger partial charge in [-0.3, -0.25) is 0 Å². The van der Waals surface area contributed by atoms with Crippen molar-refractivity contribution in [1.82, 2.24) is 9.97 Å². The van der Waals surface area contributed by atoms with Gasteiger partial charge < -0.3 is 5.32 Å². The summed E-state index contributed by atoms with van der Waals surface area (Å²) in [7, 11) is 0. The highest BCUT2D eigenvalue weighted by Gasteiger charge is 1.99. The fraction of sp³-hybridized carbons (Fsp3) is 0.333. The Bertz CT molecular complexity index is 537. The maximum atomic E-state index is 12.7. The van der Waals surface area contributed by atoms with Crippen LogP contribution in [0.15, 0.2) is 35.2 Å². The van der Waals surface area contributed by atoms with Crippen molar-refractivity contribution in [1.29, 1.82) is 0 Å². The van der Waals surface area contributed by atoms with Crippen molar-refractivity contribution in [3.05, 3.63) is 47.5 Å². The number of hydrogen-bond acceptors (Lipinski definition) is 4. The Balaban J connectivity index is 1.70. The molecular weight excluding hydrogens is 273 g/mol. The summed E-state index contributed by atoms with van der Waals surface area (Å²) < 4.78 is 12.7. The van der Waals surface area contributed by atoms with Crippen LogP contribution in [0.3, 0.4) is 0 Å². The summed E-state index contributed by atoms with van der Waals surface area (Å²) in [6, 6.07) is 8.55. The van der Waals surface area contributed by atoms with Crippen LogP contribution >= 0.6 is 11.8 Å². The molecule has 1 aromatic heterocycles. The molecule has 1 heterocycles. The molecular formula is C15H18FN3S. The van der Waals surface area contributed by atoms with Crippen LogP contribution in [0.1, 0.15) is 17.8 Å². The molecule has 106 valence electrons. The topological polar surface area (TPSA) is 37.8 Å². The number of hydrogen-bond donors (Lipinski definition) is 1. The summed E-state index contributed by atoms with van der Waals surface area (Å²) in [6.07, 6.45) is 0.998. The molecule has 0 bridgehead atoms. The van der Waals surface area contributed by atoms with Gasteiger partial charge in [-0.1, -0.05) is 0 Å². The predicted molar refractivity (Wildman–Crippen MR) is 81.7 cm³/mol. The summed E-state index contributed by atoms with van der Waals surface area (Å²) in [4.78, 5) is 9.75. The minimum Gasteiger partial charge on any atom is -0.354 e. The zero-order chi connectivity index (χ0) is 14.4. The lowest BCUT2D eigenvalue weighted by Crippen LogP contribution is -2.07. The van der Waals surface area contributed by atoms with E-state index in [1.165, 1.54) is 12.1 Å². The average molecular weight is 291 g/mol. The SMILES string of the molecule is Cc1cc(C)nc(NCCCSc2ccc(F)cc2)n1. The molecule has 1 N–H and O–H groups in total. The Morgan fingerprint density at radius 1 is 1.10 bits per heavy atom. The van der Waals surface area contributed by atoms with Crippen molar-refractivity contribution in [2.45, 2.75) is 25.2 Å². The minimum atomic E-state index is -0.192. The average Bonchev–Trinajstić information content (AvgIpc) is 2.39. The molecule has 3 nitrogen and oxygen atoms in total. The minimum absolute atomic E-state index is 0.192. The number of rotatable bonds is 6. The van der Waals surface area contributed by atoms with Gasteiger partial charge >= 0.3 is 0 Å². The van der Waals surface area contributed by atoms with Crippen molar-refractivity contribution >= 4 is 17.7 Å². The summed E-state index contributed by atoms with van der Waals surface area (Å²) in [5.74, 6) is 1.47. The molecule has 0 aliphatic heterocycles. The third-order valence-electron chi connectivity index (χ3n) is 2.67. The number of nitrogens with zero attached hydrogens (tertiary/aromatic N) is 2. The molecule has 1 aromatic carbocycles. The van der Waals surface area contributed by atoms with E-state index in [0.29, 0.717) is 5.95 Å². The van der Waals surface area contributed by atoms with Crippen LogP contribution in [0.2, 0.25) is 0 Å². The third kappa shape index (κ3) is 4.81. The van der Waals surface area contributed by atoms with Crippen LogP contribution in [0.25, 0.3) is 0 Å². The van der Waals surface area contributed by atoms with Crippen LogP contribution in [0.5, 0.6) is 0 Å². The van der Waals surface area contributed by atoms with Crippen molar-refractivity contribution < 1.29 is 4.39 Å². The zero-order valence-electron chi connectivity index (χ0n) is 11.7. The largest absolute Gasteiger partial charge is 0.354 e. The first kappa shape index (κ1) is 14.8. The Labute approximate surface area is 123 Å². The zero-order valence-corrected chi connectivity index (χ0v) is 12.5. The van der Waals surface area contributed by atoms with Crippen LogP contribution in [-0.2, 0) is 0 Å². The van der Waals surface area contributed by atoms with E-state index in [2.05, 4.69) is 15.3 Å². The second kappa shape index (κ2) is 7.24. The highest BCUT2D eigenvalue weighted by Crippen LogP contribution is 2.18. The third-order valence-corrected chi connectivity index (χ3v) is 3.77. The molecule has 0 saturated carbocycles. The Kier molecular flexibility index (Phi) is 5.35. The van der Waals surface area contributed by atoms with Gasteiger partial charge in [0.1, 0.15) is 5.82 Å². The molecule has 0 aliphatic carbocycles. The number of halogens is 1. The predicted octanol–water partition coefficient (Wildman–Crippen LogP) is 3.83. The fourth-order valence-electron chi connectivity index (χ4n) is 1.80. The lowest BCUT2D eigenvalue weighted by molar-refractivity contribution is 0.626. The molecule has 0 spiro atoms. The molecule has 5 heteroatoms. The quantitative estimate of drug-likeness (QED) is 0.648. The van der Waals surface area contributed by atoms with E-state index in [1.807, 2.05) is 19.9 Å². The normalized spacial score (nSPS) is 10.6. The number of aryl methyl sites for hydroxylation is 2. The van der Waals surface area contributed by atoms with Gasteiger partial charge in [0.25, 0.3) is 0 Å². The monoisotopic (exact) mass is 291 g/mol. The Morgan fingerprint density at radius 3 is 2.40 bits per heavy atom. The van der Waals surface area contributed by atoms with Gasteiger partial charge in [0.2, 0.25) is 5.95 Å². The van der Waals surface area contributed by atoms with E-state index < -0.39 is 0 Å². The molecule has 0 fully saturated rings. The summed E-state index contributed by atoms with van der Waals surface area (Å²) >= 11 is 1.72. The van der Waals surface area contributed by atoms with Gasteiger partial charge in [0, 0.05) is 22.8 Å². The number of aromatic nitrogens is 2. The molecule has 2 rings (SSSR count). The number of benzene rings is 1. The maximum Gasteiger partial charge on any atom is 0.223 e. The van der Waals surface area contributed by atoms with Gasteiger partial charge in [-0.2, -0.15) is 0 Å². The lowest BCUT2D eigenvalue weighted by Gasteiger charge is -2.06. The smallest absolute Gasteiger partial charge is 0.223 e. The molecule has 0 unspecified atom stereocenters. The molecule has 20 heavy (non-hydrogen) atoms. The first-order valence-electron chi connectivity index (χ1n) is 6.58. The van der Waals surface area contributed by atoms with Crippen LogP contribution in [0.4, 0.5) is 10.3 Å². The van der Waals surface area contributed by atoms with Crippen LogP contribution in [-0.4, -0.2) is 22.3 Å². The summed E-state index contributed by atoms with van der Waals surface area (Å²) in [5, 5.41) is 3.23. The molecule has 0 aliphatic rings. The van der Waals surface area contributed by atoms with Crippen LogP contribution in [0, 0.1) is 19.7 Å². The van der Waals surface area contributed by atoms with E-state index in [9.17, 15) is 4.39 Å². The number of nitrogens with one attached hydrogen (secondary N) is 1. The molecule has 2 aromatic rings. The molecule has 0 atom stereocenters. The number of thioether (sulfide) groups is 1. The highest BCUT2D eigenvalue weighted by atomic mass is 32.2. The van der Waals surface area contributed by atoms with E-state index in [-0.39, 0.29) is 5.82 Å². The second-order valence-corrected chi connectivity index (χ2v) is 5.73. The van der Waals surface area contributed by atoms with Crippen LogP contribution < -0.4 is 5.32 Å². The highest BCUT2D eigenvalue weighted by molar-refractivity contribution is 7.99. The lowest BCUT2D eigenvalue weighted by atomic mass is 10.3. The fourth-order valence-corrected chi connectivity index (χ4v) is 2.65. The van der Waals surface area contributed by atoms with Gasteiger partial charge in [0.05, 0.1) is 0 Å². The summed E-state index contributed by atoms with van der Waals surface area (Å²) in [5.41, 5.74) is 1.95. The van der Waals surface area contributed by atoms with Gasteiger partial charge in [-0.25, -0.2) is 14.4 Å². The van der Waals surface area contributed by atoms with E-state index in [0.717, 1.165) is 35.0 Å². The van der Waals surface area contributed by atoms with Crippen molar-refractivity contribution in [3.8, 4) is 0 Å². The molecule has 0 saturated heterocycles. The van der Waals surface area contributed by atoms with E-state index in [4.69, 9.17) is 0 Å². The number of anilines is 1. The standard InChI is InChI=1S/C15H18FN3S/c1-11-10-12(2)19-15(18-11)17-8-3-9-20-14-6-4-13(16)5-7-14/h4-7,10H,3,8-9H2,1-2H3,(H,17,18,19). The van der Waals surface area contributed by atoms with Crippen molar-refractivity contribution in [3.63, 3.8) is 0 Å². The Morgan fingerprint density at radius 2 is 1.75 bits per heavy atom. The van der Waals surface area contributed by atoms with Gasteiger partial charge in [-0.15, -0.1) is 11.8 Å². The maximum absolute atomic E-state index is 12.7. The first-order valence-corrected chi connectivity index (χ1v) is 7.56. The van der Waals surface area contributed by atoms with Gasteiger partial charge in [0.15, 0.2) is 0 Å². The second-order valence-electron chi connectivity index (χ2n) is 4.56. The van der Waals surface area contributed by atoms with Crippen molar-refractivity contribution in [2.75, 3.05) is 17.6 Å². The first-order chi connectivity index (χ1) is 9.63.